The van der Waals surface area contributed by atoms with Gasteiger partial charge in [-0.25, -0.2) is 0 Å². The number of hydrogen-bond donors (Lipinski definition) is 2. The summed E-state index contributed by atoms with van der Waals surface area (Å²) in [6, 6.07) is 19.0. The Morgan fingerprint density at radius 1 is 1.00 bits per heavy atom. The lowest BCUT2D eigenvalue weighted by Crippen LogP contribution is -2.47. The van der Waals surface area contributed by atoms with Crippen molar-refractivity contribution in [3.8, 4) is 0 Å². The molecule has 0 bridgehead atoms. The number of H-pyrrole nitrogens is 1. The highest BCUT2D eigenvalue weighted by Crippen LogP contribution is 2.31. The maximum absolute atomic E-state index is 12.8. The zero-order valence-corrected chi connectivity index (χ0v) is 21.6. The van der Waals surface area contributed by atoms with Crippen molar-refractivity contribution in [3.05, 3.63) is 54.6 Å². The Bertz CT molecular complexity index is 1220. The van der Waals surface area contributed by atoms with Crippen molar-refractivity contribution in [3.63, 3.8) is 0 Å². The van der Waals surface area contributed by atoms with Crippen LogP contribution in [0.5, 0.6) is 0 Å². The second-order valence-corrected chi connectivity index (χ2v) is 12.0. The minimum Gasteiger partial charge on any atom is -0.592 e. The number of piperazine rings is 1. The molecule has 1 aliphatic carbocycles. The van der Waals surface area contributed by atoms with Gasteiger partial charge in [0.05, 0.1) is 22.1 Å². The van der Waals surface area contributed by atoms with E-state index in [1.807, 2.05) is 24.3 Å². The first-order valence-electron chi connectivity index (χ1n) is 12.8. The first-order valence-corrected chi connectivity index (χ1v) is 14.7. The van der Waals surface area contributed by atoms with E-state index in [9.17, 15) is 4.55 Å². The number of anilines is 1. The van der Waals surface area contributed by atoms with Crippen molar-refractivity contribution in [1.29, 1.82) is 0 Å². The zero-order valence-electron chi connectivity index (χ0n) is 20.0. The fraction of sp³-hybridized carbons (Fsp3) is 0.444. The number of aromatic amines is 1. The van der Waals surface area contributed by atoms with Gasteiger partial charge in [0, 0.05) is 48.5 Å². The summed E-state index contributed by atoms with van der Waals surface area (Å²) in [5.74, 6) is 1.95. The van der Waals surface area contributed by atoms with Crippen LogP contribution in [0.15, 0.2) is 59.6 Å². The van der Waals surface area contributed by atoms with Gasteiger partial charge in [-0.3, -0.25) is 4.90 Å². The molecule has 8 heteroatoms. The SMILES string of the molecule is [O-][S+](NC1CCC(CCN2CCN(c3nsc4ccccc34)CC2)CC1)c1cc2ccccc2[nH]1. The van der Waals surface area contributed by atoms with Crippen molar-refractivity contribution in [1.82, 2.24) is 19.0 Å². The molecule has 2 aromatic heterocycles. The van der Waals surface area contributed by atoms with Crippen LogP contribution in [0.2, 0.25) is 0 Å². The molecule has 6 nitrogen and oxygen atoms in total. The summed E-state index contributed by atoms with van der Waals surface area (Å²) in [6.45, 7) is 5.54. The quantitative estimate of drug-likeness (QED) is 0.338. The molecular formula is C27H33N5OS2. The third kappa shape index (κ3) is 5.22. The topological polar surface area (TPSA) is 70.2 Å². The highest BCUT2D eigenvalue weighted by atomic mass is 32.2. The van der Waals surface area contributed by atoms with Crippen molar-refractivity contribution in [2.45, 2.75) is 43.2 Å². The van der Waals surface area contributed by atoms with Gasteiger partial charge in [-0.15, -0.1) is 4.72 Å². The Kier molecular flexibility index (Phi) is 6.98. The number of hydrogen-bond acceptors (Lipinski definition) is 6. The van der Waals surface area contributed by atoms with Gasteiger partial charge in [0.25, 0.3) is 0 Å². The maximum Gasteiger partial charge on any atom is 0.244 e. The molecule has 4 aromatic rings. The zero-order chi connectivity index (χ0) is 23.6. The fourth-order valence-corrected chi connectivity index (χ4v) is 7.48. The van der Waals surface area contributed by atoms with Crippen LogP contribution in [0.1, 0.15) is 32.1 Å². The van der Waals surface area contributed by atoms with E-state index in [0.29, 0.717) is 6.04 Å². The summed E-state index contributed by atoms with van der Waals surface area (Å²) >= 11 is 0.429. The number of fused-ring (bicyclic) bond motifs is 2. The summed E-state index contributed by atoms with van der Waals surface area (Å²) in [7, 11) is 0. The van der Waals surface area contributed by atoms with Gasteiger partial charge in [0.15, 0.2) is 0 Å². The molecule has 1 aliphatic heterocycles. The van der Waals surface area contributed by atoms with Crippen molar-refractivity contribution < 1.29 is 4.55 Å². The monoisotopic (exact) mass is 507 g/mol. The smallest absolute Gasteiger partial charge is 0.244 e. The van der Waals surface area contributed by atoms with Gasteiger partial charge in [0.2, 0.25) is 5.03 Å². The van der Waals surface area contributed by atoms with E-state index < -0.39 is 11.4 Å². The molecule has 1 atom stereocenters. The molecule has 0 amide bonds. The average Bonchev–Trinajstić information content (AvgIpc) is 3.53. The third-order valence-electron chi connectivity index (χ3n) is 7.71. The van der Waals surface area contributed by atoms with Gasteiger partial charge in [-0.2, -0.15) is 4.37 Å². The van der Waals surface area contributed by atoms with E-state index in [1.165, 1.54) is 41.7 Å². The fourth-order valence-electron chi connectivity index (χ4n) is 5.58. The number of benzene rings is 2. The Morgan fingerprint density at radius 2 is 1.77 bits per heavy atom. The van der Waals surface area contributed by atoms with Crippen molar-refractivity contribution in [2.24, 2.45) is 5.92 Å². The molecular weight excluding hydrogens is 474 g/mol. The van der Waals surface area contributed by atoms with E-state index in [4.69, 9.17) is 4.37 Å². The highest BCUT2D eigenvalue weighted by Gasteiger charge is 2.27. The lowest BCUT2D eigenvalue weighted by Gasteiger charge is -2.36. The van der Waals surface area contributed by atoms with Gasteiger partial charge >= 0.3 is 0 Å². The van der Waals surface area contributed by atoms with Crippen LogP contribution in [0.3, 0.4) is 0 Å². The van der Waals surface area contributed by atoms with Gasteiger partial charge in [0.1, 0.15) is 5.82 Å². The van der Waals surface area contributed by atoms with Gasteiger partial charge in [-0.05, 0) is 74.3 Å². The van der Waals surface area contributed by atoms with Gasteiger partial charge < -0.3 is 14.4 Å². The van der Waals surface area contributed by atoms with Crippen LogP contribution in [-0.4, -0.2) is 57.6 Å². The molecule has 0 spiro atoms. The van der Waals surface area contributed by atoms with Crippen LogP contribution >= 0.6 is 11.5 Å². The lowest BCUT2D eigenvalue weighted by atomic mass is 9.84. The van der Waals surface area contributed by atoms with Crippen LogP contribution < -0.4 is 9.62 Å². The normalized spacial score (nSPS) is 22.7. The largest absolute Gasteiger partial charge is 0.592 e. The molecule has 3 heterocycles. The summed E-state index contributed by atoms with van der Waals surface area (Å²) in [6.07, 6.45) is 5.96. The van der Waals surface area contributed by atoms with E-state index in [1.54, 1.807) is 11.5 Å². The molecule has 1 unspecified atom stereocenters. The number of rotatable bonds is 7. The average molecular weight is 508 g/mol. The molecule has 1 saturated carbocycles. The lowest BCUT2D eigenvalue weighted by molar-refractivity contribution is 0.214. The molecule has 1 saturated heterocycles. The maximum atomic E-state index is 12.8. The predicted octanol–water partition coefficient (Wildman–Crippen LogP) is 5.16. The summed E-state index contributed by atoms with van der Waals surface area (Å²) in [4.78, 5) is 8.38. The molecule has 2 fully saturated rings. The van der Waals surface area contributed by atoms with E-state index in [0.717, 1.165) is 60.9 Å². The number of para-hydroxylation sites is 1. The molecule has 35 heavy (non-hydrogen) atoms. The summed E-state index contributed by atoms with van der Waals surface area (Å²) in [5, 5.41) is 3.18. The summed E-state index contributed by atoms with van der Waals surface area (Å²) < 4.78 is 22.2. The minimum atomic E-state index is -1.18. The molecule has 6 rings (SSSR count). The van der Waals surface area contributed by atoms with Crippen LogP contribution in [0.4, 0.5) is 5.82 Å². The van der Waals surface area contributed by atoms with E-state index >= 15 is 0 Å². The van der Waals surface area contributed by atoms with Crippen molar-refractivity contribution >= 4 is 49.7 Å². The molecule has 0 radical (unpaired) electrons. The Balaban J connectivity index is 0.928. The molecule has 2 aliphatic rings. The Labute approximate surface area is 214 Å². The third-order valence-corrected chi connectivity index (χ3v) is 9.69. The summed E-state index contributed by atoms with van der Waals surface area (Å²) in [5.41, 5.74) is 1.04. The molecule has 2 N–H and O–H groups in total. The van der Waals surface area contributed by atoms with E-state index in [-0.39, 0.29) is 0 Å². The molecule has 2 aromatic carbocycles. The Morgan fingerprint density at radius 3 is 2.60 bits per heavy atom. The molecule has 184 valence electrons. The van der Waals surface area contributed by atoms with Crippen LogP contribution in [-0.2, 0) is 11.4 Å². The minimum absolute atomic E-state index is 0.343. The van der Waals surface area contributed by atoms with Crippen LogP contribution in [0, 0.1) is 5.92 Å². The number of nitrogens with one attached hydrogen (secondary N) is 2. The number of nitrogens with zero attached hydrogens (tertiary/aromatic N) is 3. The van der Waals surface area contributed by atoms with Gasteiger partial charge in [-0.1, -0.05) is 30.3 Å². The first kappa shape index (κ1) is 23.3. The van der Waals surface area contributed by atoms with Crippen LogP contribution in [0.25, 0.3) is 21.0 Å². The highest BCUT2D eigenvalue weighted by molar-refractivity contribution is 7.89. The van der Waals surface area contributed by atoms with E-state index in [2.05, 4.69) is 49.8 Å². The second kappa shape index (κ2) is 10.5. The predicted molar refractivity (Wildman–Crippen MR) is 146 cm³/mol. The number of aromatic nitrogens is 2. The standard InChI is InChI=1S/C27H33N5OS2/c33-35(26-19-21-5-1-3-7-24(21)28-26)30-22-11-9-20(10-12-22)13-14-31-15-17-32(18-16-31)27-23-6-2-4-8-25(23)34-29-27/h1-8,19-20,22,28,30H,9-18H2. The Hall–Kier alpha value is -2.10. The van der Waals surface area contributed by atoms with Crippen molar-refractivity contribution in [2.75, 3.05) is 37.6 Å². The first-order chi connectivity index (χ1) is 17.2. The second-order valence-electron chi connectivity index (χ2n) is 9.94.